The standard InChI is InChI=1S/C9H20N2/c1-9-5-4-6-11(7-9)8-10(2)3/h9H,4-8H2,1-3H3/t9-/m0/s1. The van der Waals surface area contributed by atoms with Gasteiger partial charge in [0.1, 0.15) is 0 Å². The summed E-state index contributed by atoms with van der Waals surface area (Å²) in [4.78, 5) is 4.78. The maximum absolute atomic E-state index is 2.54. The lowest BCUT2D eigenvalue weighted by Crippen LogP contribution is -2.40. The van der Waals surface area contributed by atoms with Gasteiger partial charge in [0.05, 0.1) is 6.67 Å². The van der Waals surface area contributed by atoms with Gasteiger partial charge in [-0.15, -0.1) is 0 Å². The predicted molar refractivity (Wildman–Crippen MR) is 48.5 cm³/mol. The van der Waals surface area contributed by atoms with E-state index in [0.29, 0.717) is 0 Å². The molecule has 1 aliphatic rings. The second kappa shape index (κ2) is 4.07. The van der Waals surface area contributed by atoms with Crippen LogP contribution in [0.5, 0.6) is 0 Å². The Morgan fingerprint density at radius 2 is 2.18 bits per heavy atom. The Kier molecular flexibility index (Phi) is 3.34. The fourth-order valence-corrected chi connectivity index (χ4v) is 1.82. The quantitative estimate of drug-likeness (QED) is 0.593. The number of likely N-dealkylation sites (tertiary alicyclic amines) is 1. The van der Waals surface area contributed by atoms with Crippen molar-refractivity contribution in [2.45, 2.75) is 19.8 Å². The van der Waals surface area contributed by atoms with Gasteiger partial charge in [0, 0.05) is 6.54 Å². The van der Waals surface area contributed by atoms with E-state index in [1.165, 1.54) is 25.9 Å². The van der Waals surface area contributed by atoms with Crippen LogP contribution in [0.4, 0.5) is 0 Å². The van der Waals surface area contributed by atoms with Crippen molar-refractivity contribution in [2.24, 2.45) is 5.92 Å². The monoisotopic (exact) mass is 156 g/mol. The summed E-state index contributed by atoms with van der Waals surface area (Å²) in [5, 5.41) is 0. The van der Waals surface area contributed by atoms with E-state index in [4.69, 9.17) is 0 Å². The van der Waals surface area contributed by atoms with Crippen LogP contribution >= 0.6 is 0 Å². The third kappa shape index (κ3) is 3.21. The normalized spacial score (nSPS) is 27.8. The van der Waals surface area contributed by atoms with Gasteiger partial charge in [-0.2, -0.15) is 0 Å². The van der Waals surface area contributed by atoms with Crippen molar-refractivity contribution < 1.29 is 0 Å². The van der Waals surface area contributed by atoms with Gasteiger partial charge < -0.3 is 0 Å². The molecule has 0 unspecified atom stereocenters. The molecule has 1 fully saturated rings. The fourth-order valence-electron chi connectivity index (χ4n) is 1.82. The lowest BCUT2D eigenvalue weighted by molar-refractivity contribution is 0.123. The highest BCUT2D eigenvalue weighted by Crippen LogP contribution is 2.14. The van der Waals surface area contributed by atoms with E-state index in [2.05, 4.69) is 30.8 Å². The van der Waals surface area contributed by atoms with E-state index in [-0.39, 0.29) is 0 Å². The molecule has 2 nitrogen and oxygen atoms in total. The lowest BCUT2D eigenvalue weighted by Gasteiger charge is -2.32. The molecule has 0 saturated carbocycles. The van der Waals surface area contributed by atoms with Gasteiger partial charge >= 0.3 is 0 Å². The molecule has 0 radical (unpaired) electrons. The Bertz CT molecular complexity index is 110. The first-order chi connectivity index (χ1) is 5.18. The van der Waals surface area contributed by atoms with E-state index in [9.17, 15) is 0 Å². The van der Waals surface area contributed by atoms with E-state index in [1.54, 1.807) is 0 Å². The Balaban J connectivity index is 2.23. The van der Waals surface area contributed by atoms with Crippen molar-refractivity contribution in [3.63, 3.8) is 0 Å². The highest BCUT2D eigenvalue weighted by Gasteiger charge is 2.15. The summed E-state index contributed by atoms with van der Waals surface area (Å²) in [6, 6.07) is 0. The number of piperidine rings is 1. The minimum absolute atomic E-state index is 0.906. The van der Waals surface area contributed by atoms with Crippen molar-refractivity contribution in [3.8, 4) is 0 Å². The van der Waals surface area contributed by atoms with Gasteiger partial charge in [-0.1, -0.05) is 6.92 Å². The third-order valence-electron chi connectivity index (χ3n) is 2.22. The molecule has 66 valence electrons. The molecule has 0 aliphatic carbocycles. The number of rotatable bonds is 2. The topological polar surface area (TPSA) is 6.48 Å². The molecule has 1 atom stereocenters. The number of nitrogens with zero attached hydrogens (tertiary/aromatic N) is 2. The van der Waals surface area contributed by atoms with Gasteiger partial charge in [0.25, 0.3) is 0 Å². The average Bonchev–Trinajstić information content (AvgIpc) is 1.85. The minimum Gasteiger partial charge on any atom is -0.297 e. The van der Waals surface area contributed by atoms with E-state index >= 15 is 0 Å². The molecule has 0 bridgehead atoms. The maximum Gasteiger partial charge on any atom is 0.0500 e. The molecule has 0 spiro atoms. The van der Waals surface area contributed by atoms with Crippen LogP contribution in [0.2, 0.25) is 0 Å². The molecule has 0 N–H and O–H groups in total. The summed E-state index contributed by atoms with van der Waals surface area (Å²) in [6.45, 7) is 6.06. The second-order valence-electron chi connectivity index (χ2n) is 4.05. The predicted octanol–water partition coefficient (Wildman–Crippen LogP) is 1.24. The van der Waals surface area contributed by atoms with Gasteiger partial charge in [0.2, 0.25) is 0 Å². The summed E-state index contributed by atoms with van der Waals surface area (Å²) in [7, 11) is 4.28. The first-order valence-corrected chi connectivity index (χ1v) is 4.55. The molecule has 0 amide bonds. The molecule has 11 heavy (non-hydrogen) atoms. The highest BCUT2D eigenvalue weighted by molar-refractivity contribution is 4.68. The Morgan fingerprint density at radius 1 is 1.45 bits per heavy atom. The van der Waals surface area contributed by atoms with E-state index in [0.717, 1.165) is 12.6 Å². The molecule has 0 aromatic carbocycles. The maximum atomic E-state index is 2.54. The minimum atomic E-state index is 0.906. The van der Waals surface area contributed by atoms with Crippen LogP contribution in [0.3, 0.4) is 0 Å². The lowest BCUT2D eigenvalue weighted by atomic mass is 10.0. The van der Waals surface area contributed by atoms with Gasteiger partial charge in [-0.05, 0) is 39.4 Å². The van der Waals surface area contributed by atoms with Gasteiger partial charge in [-0.25, -0.2) is 0 Å². The Hall–Kier alpha value is -0.0800. The fraction of sp³-hybridized carbons (Fsp3) is 1.00. The zero-order chi connectivity index (χ0) is 8.27. The summed E-state index contributed by atoms with van der Waals surface area (Å²) in [5.41, 5.74) is 0. The number of hydrogen-bond acceptors (Lipinski definition) is 2. The molecular weight excluding hydrogens is 136 g/mol. The number of hydrogen-bond donors (Lipinski definition) is 0. The van der Waals surface area contributed by atoms with Crippen molar-refractivity contribution >= 4 is 0 Å². The average molecular weight is 156 g/mol. The summed E-state index contributed by atoms with van der Waals surface area (Å²) >= 11 is 0. The van der Waals surface area contributed by atoms with Crippen LogP contribution in [-0.4, -0.2) is 43.7 Å². The van der Waals surface area contributed by atoms with Crippen LogP contribution in [0.25, 0.3) is 0 Å². The Morgan fingerprint density at radius 3 is 2.73 bits per heavy atom. The van der Waals surface area contributed by atoms with Crippen molar-refractivity contribution in [2.75, 3.05) is 33.9 Å². The molecule has 0 aromatic heterocycles. The zero-order valence-electron chi connectivity index (χ0n) is 8.01. The molecular formula is C9H20N2. The van der Waals surface area contributed by atoms with E-state index in [1.807, 2.05) is 0 Å². The van der Waals surface area contributed by atoms with Crippen LogP contribution in [0.1, 0.15) is 19.8 Å². The van der Waals surface area contributed by atoms with Gasteiger partial charge in [-0.3, -0.25) is 9.80 Å². The molecule has 1 saturated heterocycles. The molecule has 2 heteroatoms. The van der Waals surface area contributed by atoms with Crippen molar-refractivity contribution in [3.05, 3.63) is 0 Å². The molecule has 1 heterocycles. The van der Waals surface area contributed by atoms with E-state index < -0.39 is 0 Å². The molecule has 1 aliphatic heterocycles. The highest BCUT2D eigenvalue weighted by atomic mass is 15.3. The van der Waals surface area contributed by atoms with Crippen LogP contribution < -0.4 is 0 Å². The largest absolute Gasteiger partial charge is 0.297 e. The third-order valence-corrected chi connectivity index (χ3v) is 2.22. The van der Waals surface area contributed by atoms with Crippen molar-refractivity contribution in [1.29, 1.82) is 0 Å². The van der Waals surface area contributed by atoms with Gasteiger partial charge in [0.15, 0.2) is 0 Å². The molecule has 0 aromatic rings. The summed E-state index contributed by atoms with van der Waals surface area (Å²) in [5.74, 6) is 0.906. The van der Waals surface area contributed by atoms with Crippen LogP contribution in [0, 0.1) is 5.92 Å². The van der Waals surface area contributed by atoms with Crippen molar-refractivity contribution in [1.82, 2.24) is 9.80 Å². The SMILES string of the molecule is C[C@H]1CCCN(CN(C)C)C1. The first kappa shape index (κ1) is 9.01. The summed E-state index contributed by atoms with van der Waals surface area (Å²) < 4.78 is 0. The Labute approximate surface area is 70.2 Å². The van der Waals surface area contributed by atoms with Crippen LogP contribution in [-0.2, 0) is 0 Å². The zero-order valence-corrected chi connectivity index (χ0v) is 8.01. The summed E-state index contributed by atoms with van der Waals surface area (Å²) in [6.07, 6.45) is 2.80. The second-order valence-corrected chi connectivity index (χ2v) is 4.05. The smallest absolute Gasteiger partial charge is 0.0500 e. The first-order valence-electron chi connectivity index (χ1n) is 4.55. The van der Waals surface area contributed by atoms with Crippen LogP contribution in [0.15, 0.2) is 0 Å². The molecule has 1 rings (SSSR count).